The quantitative estimate of drug-likeness (QED) is 0.672. The van der Waals surface area contributed by atoms with Crippen LogP contribution in [0.3, 0.4) is 0 Å². The van der Waals surface area contributed by atoms with Gasteiger partial charge in [-0.15, -0.1) is 0 Å². The lowest BCUT2D eigenvalue weighted by molar-refractivity contribution is -0.137. The largest absolute Gasteiger partial charge is 0.493 e. The molecule has 0 aromatic heterocycles. The van der Waals surface area contributed by atoms with E-state index >= 15 is 0 Å². The van der Waals surface area contributed by atoms with E-state index in [-0.39, 0.29) is 6.54 Å². The Morgan fingerprint density at radius 1 is 1.11 bits per heavy atom. The molecule has 0 saturated carbocycles. The van der Waals surface area contributed by atoms with Gasteiger partial charge in [-0.1, -0.05) is 18.2 Å². The fraction of sp³-hybridized carbons (Fsp3) is 0.300. The van der Waals surface area contributed by atoms with E-state index in [1.807, 2.05) is 0 Å². The van der Waals surface area contributed by atoms with Crippen LogP contribution in [0.2, 0.25) is 0 Å². The van der Waals surface area contributed by atoms with E-state index in [1.54, 1.807) is 42.5 Å². The molecule has 1 heterocycles. The molecule has 28 heavy (non-hydrogen) atoms. The average molecular weight is 386 g/mol. The van der Waals surface area contributed by atoms with Crippen LogP contribution < -0.4 is 24.8 Å². The molecule has 8 nitrogen and oxygen atoms in total. The molecular formula is C20H22N2O6. The summed E-state index contributed by atoms with van der Waals surface area (Å²) in [6.45, 7) is 0.215. The zero-order valence-electron chi connectivity index (χ0n) is 15.7. The molecule has 1 aliphatic rings. The second-order valence-corrected chi connectivity index (χ2v) is 6.33. The molecule has 2 aromatic carbocycles. The number of hydrogen-bond acceptors (Lipinski definition) is 6. The topological polar surface area (TPSA) is 106 Å². The fourth-order valence-corrected chi connectivity index (χ4v) is 3.03. The molecule has 3 rings (SSSR count). The van der Waals surface area contributed by atoms with Crippen LogP contribution in [0.4, 0.5) is 5.69 Å². The van der Waals surface area contributed by atoms with E-state index in [4.69, 9.17) is 14.2 Å². The molecule has 2 amide bonds. The van der Waals surface area contributed by atoms with Crippen LogP contribution >= 0.6 is 0 Å². The number of amides is 2. The molecule has 8 heteroatoms. The number of aliphatic hydroxyl groups is 1. The number of anilines is 1. The van der Waals surface area contributed by atoms with Crippen molar-refractivity contribution in [3.8, 4) is 17.2 Å². The van der Waals surface area contributed by atoms with E-state index in [2.05, 4.69) is 10.6 Å². The van der Waals surface area contributed by atoms with Gasteiger partial charge in [-0.2, -0.15) is 0 Å². The Morgan fingerprint density at radius 3 is 2.61 bits per heavy atom. The summed E-state index contributed by atoms with van der Waals surface area (Å²) in [5, 5.41) is 15.9. The third-order valence-electron chi connectivity index (χ3n) is 4.55. The second kappa shape index (κ2) is 8.18. The number of nitrogens with one attached hydrogen (secondary N) is 2. The van der Waals surface area contributed by atoms with Crippen molar-refractivity contribution < 1.29 is 28.9 Å². The Bertz CT molecular complexity index is 885. The maximum Gasteiger partial charge on any atom is 0.313 e. The number of ether oxygens (including phenoxy) is 3. The number of fused-ring (bicyclic) bond motifs is 1. The Kier molecular flexibility index (Phi) is 5.70. The highest BCUT2D eigenvalue weighted by Crippen LogP contribution is 2.36. The van der Waals surface area contributed by atoms with Gasteiger partial charge in [0.2, 0.25) is 0 Å². The minimum Gasteiger partial charge on any atom is -0.493 e. The van der Waals surface area contributed by atoms with E-state index in [0.29, 0.717) is 41.5 Å². The lowest BCUT2D eigenvalue weighted by Gasteiger charge is -2.34. The van der Waals surface area contributed by atoms with Crippen LogP contribution in [0, 0.1) is 0 Å². The number of carbonyl (C=O) groups is 2. The summed E-state index contributed by atoms with van der Waals surface area (Å²) in [5.74, 6) is -0.206. The first-order chi connectivity index (χ1) is 13.5. The monoisotopic (exact) mass is 386 g/mol. The van der Waals surface area contributed by atoms with Crippen molar-refractivity contribution in [3.63, 3.8) is 0 Å². The molecule has 1 unspecified atom stereocenters. The molecule has 3 N–H and O–H groups in total. The first-order valence-electron chi connectivity index (χ1n) is 8.73. The normalized spacial score (nSPS) is 17.7. The van der Waals surface area contributed by atoms with Gasteiger partial charge in [-0.3, -0.25) is 9.59 Å². The average Bonchev–Trinajstić information content (AvgIpc) is 2.72. The SMILES string of the molecule is COc1ccc(NC(=O)C(=O)NCC2(O)CCOc3ccccc32)cc1OC. The molecule has 0 radical (unpaired) electrons. The predicted octanol–water partition coefficient (Wildman–Crippen LogP) is 1.43. The van der Waals surface area contributed by atoms with Crippen molar-refractivity contribution >= 4 is 17.5 Å². The van der Waals surface area contributed by atoms with Crippen molar-refractivity contribution in [2.75, 3.05) is 32.7 Å². The van der Waals surface area contributed by atoms with Gasteiger partial charge >= 0.3 is 11.8 Å². The number of methoxy groups -OCH3 is 2. The van der Waals surface area contributed by atoms with Gasteiger partial charge in [0.25, 0.3) is 0 Å². The van der Waals surface area contributed by atoms with E-state index in [1.165, 1.54) is 14.2 Å². The van der Waals surface area contributed by atoms with E-state index < -0.39 is 17.4 Å². The smallest absolute Gasteiger partial charge is 0.313 e. The second-order valence-electron chi connectivity index (χ2n) is 6.33. The first kappa shape index (κ1) is 19.5. The Hall–Kier alpha value is -3.26. The van der Waals surface area contributed by atoms with Gasteiger partial charge in [0, 0.05) is 23.7 Å². The highest BCUT2D eigenvalue weighted by molar-refractivity contribution is 6.39. The van der Waals surface area contributed by atoms with Crippen LogP contribution in [0.1, 0.15) is 12.0 Å². The summed E-state index contributed by atoms with van der Waals surface area (Å²) in [6.07, 6.45) is 0.307. The predicted molar refractivity (Wildman–Crippen MR) is 102 cm³/mol. The number of rotatable bonds is 5. The highest BCUT2D eigenvalue weighted by atomic mass is 16.5. The van der Waals surface area contributed by atoms with Gasteiger partial charge < -0.3 is 30.0 Å². The molecule has 0 fully saturated rings. The maximum absolute atomic E-state index is 12.2. The van der Waals surface area contributed by atoms with Crippen LogP contribution in [-0.2, 0) is 15.2 Å². The van der Waals surface area contributed by atoms with Crippen LogP contribution in [0.25, 0.3) is 0 Å². The summed E-state index contributed by atoms with van der Waals surface area (Å²) in [4.78, 5) is 24.4. The van der Waals surface area contributed by atoms with Crippen molar-refractivity contribution in [2.45, 2.75) is 12.0 Å². The zero-order chi connectivity index (χ0) is 20.1. The number of hydrogen-bond donors (Lipinski definition) is 3. The van der Waals surface area contributed by atoms with E-state index in [9.17, 15) is 14.7 Å². The minimum absolute atomic E-state index is 0.106. The van der Waals surface area contributed by atoms with Gasteiger partial charge in [-0.25, -0.2) is 0 Å². The number of carbonyl (C=O) groups excluding carboxylic acids is 2. The molecule has 0 saturated heterocycles. The third-order valence-corrected chi connectivity index (χ3v) is 4.55. The van der Waals surface area contributed by atoms with Gasteiger partial charge in [0.15, 0.2) is 11.5 Å². The maximum atomic E-state index is 12.2. The van der Waals surface area contributed by atoms with Crippen molar-refractivity contribution in [1.29, 1.82) is 0 Å². The van der Waals surface area contributed by atoms with Crippen molar-refractivity contribution in [1.82, 2.24) is 5.32 Å². The summed E-state index contributed by atoms with van der Waals surface area (Å²) in [5.41, 5.74) is -0.330. The summed E-state index contributed by atoms with van der Waals surface area (Å²) >= 11 is 0. The summed E-state index contributed by atoms with van der Waals surface area (Å²) < 4.78 is 15.8. The zero-order valence-corrected chi connectivity index (χ0v) is 15.7. The van der Waals surface area contributed by atoms with Crippen LogP contribution in [-0.4, -0.2) is 44.3 Å². The standard InChI is InChI=1S/C20H22N2O6/c1-26-16-8-7-13(11-17(16)27-2)22-19(24)18(23)21-12-20(25)9-10-28-15-6-4-3-5-14(15)20/h3-8,11,25H,9-10,12H2,1-2H3,(H,21,23)(H,22,24). The van der Waals surface area contributed by atoms with Gasteiger partial charge in [-0.05, 0) is 18.2 Å². The minimum atomic E-state index is -1.30. The van der Waals surface area contributed by atoms with Gasteiger partial charge in [0.1, 0.15) is 11.4 Å². The molecule has 1 aliphatic heterocycles. The summed E-state index contributed by atoms with van der Waals surface area (Å²) in [7, 11) is 2.98. The Balaban J connectivity index is 1.63. The van der Waals surface area contributed by atoms with E-state index in [0.717, 1.165) is 0 Å². The molecule has 2 aromatic rings. The van der Waals surface area contributed by atoms with Crippen molar-refractivity contribution in [3.05, 3.63) is 48.0 Å². The van der Waals surface area contributed by atoms with Crippen LogP contribution in [0.15, 0.2) is 42.5 Å². The summed E-state index contributed by atoms with van der Waals surface area (Å²) in [6, 6.07) is 11.8. The highest BCUT2D eigenvalue weighted by Gasteiger charge is 2.36. The van der Waals surface area contributed by atoms with Gasteiger partial charge in [0.05, 0.1) is 27.4 Å². The molecule has 0 spiro atoms. The Morgan fingerprint density at radius 2 is 1.86 bits per heavy atom. The third kappa shape index (κ3) is 4.01. The molecule has 1 atom stereocenters. The molecule has 0 bridgehead atoms. The molecular weight excluding hydrogens is 364 g/mol. The fourth-order valence-electron chi connectivity index (χ4n) is 3.03. The molecule has 148 valence electrons. The lowest BCUT2D eigenvalue weighted by Crippen LogP contribution is -2.46. The Labute approximate surface area is 162 Å². The first-order valence-corrected chi connectivity index (χ1v) is 8.73. The lowest BCUT2D eigenvalue weighted by atomic mass is 9.88. The number of para-hydroxylation sites is 1. The van der Waals surface area contributed by atoms with Crippen LogP contribution in [0.5, 0.6) is 17.2 Å². The molecule has 0 aliphatic carbocycles. The number of benzene rings is 2. The van der Waals surface area contributed by atoms with Crippen molar-refractivity contribution in [2.24, 2.45) is 0 Å².